The van der Waals surface area contributed by atoms with Gasteiger partial charge >= 0.3 is 0 Å². The fourth-order valence-electron chi connectivity index (χ4n) is 1.06. The number of oxazole rings is 1. The molecule has 0 atom stereocenters. The van der Waals surface area contributed by atoms with E-state index in [-0.39, 0.29) is 6.01 Å². The van der Waals surface area contributed by atoms with Crippen LogP contribution in [0, 0.1) is 6.92 Å². The number of hydrogen-bond donors (Lipinski definition) is 1. The summed E-state index contributed by atoms with van der Waals surface area (Å²) in [6.07, 6.45) is 0. The van der Waals surface area contributed by atoms with Gasteiger partial charge in [-0.2, -0.15) is 4.98 Å². The van der Waals surface area contributed by atoms with E-state index in [4.69, 9.17) is 10.2 Å². The highest BCUT2D eigenvalue weighted by Crippen LogP contribution is 2.17. The van der Waals surface area contributed by atoms with E-state index >= 15 is 0 Å². The third-order valence-electron chi connectivity index (χ3n) is 1.56. The van der Waals surface area contributed by atoms with E-state index in [1.54, 1.807) is 0 Å². The maximum atomic E-state index is 5.36. The largest absolute Gasteiger partial charge is 0.424 e. The molecule has 56 valence electrons. The van der Waals surface area contributed by atoms with Gasteiger partial charge in [-0.1, -0.05) is 6.07 Å². The molecule has 0 bridgehead atoms. The molecule has 2 N–H and O–H groups in total. The van der Waals surface area contributed by atoms with Gasteiger partial charge in [0, 0.05) is 0 Å². The third-order valence-corrected chi connectivity index (χ3v) is 1.56. The summed E-state index contributed by atoms with van der Waals surface area (Å²) in [5.74, 6) is 0. The summed E-state index contributed by atoms with van der Waals surface area (Å²) in [7, 11) is 0. The van der Waals surface area contributed by atoms with Gasteiger partial charge in [0.1, 0.15) is 5.52 Å². The molecule has 0 radical (unpaired) electrons. The lowest BCUT2D eigenvalue weighted by Gasteiger charge is -1.87. The zero-order chi connectivity index (χ0) is 7.84. The molecule has 3 heteroatoms. The lowest BCUT2D eigenvalue weighted by molar-refractivity contribution is 0.626. The summed E-state index contributed by atoms with van der Waals surface area (Å²) in [5, 5.41) is 0. The van der Waals surface area contributed by atoms with Crippen molar-refractivity contribution in [2.24, 2.45) is 0 Å². The Morgan fingerprint density at radius 3 is 3.09 bits per heavy atom. The van der Waals surface area contributed by atoms with E-state index in [0.717, 1.165) is 16.7 Å². The molecule has 1 aromatic heterocycles. The van der Waals surface area contributed by atoms with Crippen LogP contribution in [-0.4, -0.2) is 4.98 Å². The summed E-state index contributed by atoms with van der Waals surface area (Å²) in [4.78, 5) is 3.99. The highest BCUT2D eigenvalue weighted by Gasteiger charge is 2.00. The first-order valence-corrected chi connectivity index (χ1v) is 3.38. The fourth-order valence-corrected chi connectivity index (χ4v) is 1.06. The standard InChI is InChI=1S/C8H8N2O/c1-5-2-3-7-6(4-5)10-8(9)11-7/h2-4H,1H3,(H2,9,10). The Bertz CT molecular complexity index is 392. The predicted octanol–water partition coefficient (Wildman–Crippen LogP) is 1.72. The monoisotopic (exact) mass is 148 g/mol. The topological polar surface area (TPSA) is 52.0 Å². The van der Waals surface area contributed by atoms with Crippen molar-refractivity contribution in [3.63, 3.8) is 0 Å². The number of nitrogens with zero attached hydrogens (tertiary/aromatic N) is 1. The van der Waals surface area contributed by atoms with Crippen LogP contribution in [0.15, 0.2) is 22.6 Å². The quantitative estimate of drug-likeness (QED) is 0.618. The average Bonchev–Trinajstić information content (AvgIpc) is 2.27. The van der Waals surface area contributed by atoms with Crippen LogP contribution < -0.4 is 5.73 Å². The van der Waals surface area contributed by atoms with Crippen LogP contribution in [0.5, 0.6) is 0 Å². The molecule has 0 amide bonds. The second-order valence-corrected chi connectivity index (χ2v) is 2.52. The number of rotatable bonds is 0. The van der Waals surface area contributed by atoms with Gasteiger partial charge in [0.2, 0.25) is 0 Å². The minimum Gasteiger partial charge on any atom is -0.424 e. The molecule has 2 rings (SSSR count). The van der Waals surface area contributed by atoms with Gasteiger partial charge < -0.3 is 10.2 Å². The zero-order valence-corrected chi connectivity index (χ0v) is 6.16. The molecule has 2 aromatic rings. The first-order valence-electron chi connectivity index (χ1n) is 3.38. The number of benzene rings is 1. The zero-order valence-electron chi connectivity index (χ0n) is 6.16. The normalized spacial score (nSPS) is 10.6. The summed E-state index contributed by atoms with van der Waals surface area (Å²) in [6.45, 7) is 2.00. The Balaban J connectivity index is 2.82. The second-order valence-electron chi connectivity index (χ2n) is 2.52. The predicted molar refractivity (Wildman–Crippen MR) is 43.2 cm³/mol. The number of aromatic nitrogens is 1. The van der Waals surface area contributed by atoms with Crippen LogP contribution in [0.4, 0.5) is 6.01 Å². The van der Waals surface area contributed by atoms with Crippen molar-refractivity contribution in [1.82, 2.24) is 4.98 Å². The highest BCUT2D eigenvalue weighted by molar-refractivity contribution is 5.74. The van der Waals surface area contributed by atoms with Crippen LogP contribution in [0.25, 0.3) is 11.1 Å². The number of anilines is 1. The Labute approximate surface area is 63.8 Å². The Hall–Kier alpha value is -1.51. The number of nitrogens with two attached hydrogens (primary N) is 1. The lowest BCUT2D eigenvalue weighted by Crippen LogP contribution is -1.80. The van der Waals surface area contributed by atoms with Crippen molar-refractivity contribution in [2.75, 3.05) is 5.73 Å². The molecule has 0 fully saturated rings. The first-order chi connectivity index (χ1) is 5.25. The Morgan fingerprint density at radius 2 is 2.27 bits per heavy atom. The van der Waals surface area contributed by atoms with E-state index in [9.17, 15) is 0 Å². The molecule has 11 heavy (non-hydrogen) atoms. The van der Waals surface area contributed by atoms with Gasteiger partial charge in [0.05, 0.1) is 0 Å². The fraction of sp³-hybridized carbons (Fsp3) is 0.125. The first kappa shape index (κ1) is 6.22. The molecule has 0 saturated heterocycles. The molecule has 0 saturated carbocycles. The maximum absolute atomic E-state index is 5.36. The SMILES string of the molecule is Cc1ccc2oc(N)nc2c1. The average molecular weight is 148 g/mol. The van der Waals surface area contributed by atoms with Crippen molar-refractivity contribution in [1.29, 1.82) is 0 Å². The van der Waals surface area contributed by atoms with Crippen LogP contribution in [0.2, 0.25) is 0 Å². The van der Waals surface area contributed by atoms with Gasteiger partial charge in [0.15, 0.2) is 5.58 Å². The number of aryl methyl sites for hydroxylation is 1. The number of hydrogen-bond acceptors (Lipinski definition) is 3. The highest BCUT2D eigenvalue weighted by atomic mass is 16.4. The van der Waals surface area contributed by atoms with Crippen LogP contribution in [-0.2, 0) is 0 Å². The summed E-state index contributed by atoms with van der Waals surface area (Å²) in [6, 6.07) is 6.00. The van der Waals surface area contributed by atoms with Crippen LogP contribution in [0.1, 0.15) is 5.56 Å². The lowest BCUT2D eigenvalue weighted by atomic mass is 10.2. The van der Waals surface area contributed by atoms with E-state index in [2.05, 4.69) is 4.98 Å². The maximum Gasteiger partial charge on any atom is 0.292 e. The smallest absolute Gasteiger partial charge is 0.292 e. The van der Waals surface area contributed by atoms with E-state index in [1.165, 1.54) is 0 Å². The van der Waals surface area contributed by atoms with Gasteiger partial charge in [0.25, 0.3) is 6.01 Å². The van der Waals surface area contributed by atoms with Crippen molar-refractivity contribution < 1.29 is 4.42 Å². The van der Waals surface area contributed by atoms with Crippen molar-refractivity contribution in [2.45, 2.75) is 6.92 Å². The van der Waals surface area contributed by atoms with E-state index in [0.29, 0.717) is 0 Å². The van der Waals surface area contributed by atoms with Gasteiger partial charge in [-0.25, -0.2) is 0 Å². The molecule has 0 spiro atoms. The van der Waals surface area contributed by atoms with Gasteiger partial charge in [-0.05, 0) is 24.6 Å². The molecule has 0 unspecified atom stereocenters. The van der Waals surface area contributed by atoms with E-state index < -0.39 is 0 Å². The van der Waals surface area contributed by atoms with Crippen molar-refractivity contribution >= 4 is 17.1 Å². The molecule has 0 aliphatic carbocycles. The number of nitrogen functional groups attached to an aromatic ring is 1. The molecule has 0 aliphatic rings. The third kappa shape index (κ3) is 0.941. The van der Waals surface area contributed by atoms with Crippen molar-refractivity contribution in [3.05, 3.63) is 23.8 Å². The molecule has 1 heterocycles. The second kappa shape index (κ2) is 1.99. The van der Waals surface area contributed by atoms with Crippen LogP contribution in [0.3, 0.4) is 0 Å². The molecule has 1 aromatic carbocycles. The van der Waals surface area contributed by atoms with Gasteiger partial charge in [-0.3, -0.25) is 0 Å². The molecule has 0 aliphatic heterocycles. The summed E-state index contributed by atoms with van der Waals surface area (Å²) < 4.78 is 5.09. The van der Waals surface area contributed by atoms with Crippen molar-refractivity contribution in [3.8, 4) is 0 Å². The molecular weight excluding hydrogens is 140 g/mol. The Kier molecular flexibility index (Phi) is 1.12. The summed E-state index contributed by atoms with van der Waals surface area (Å²) in [5.41, 5.74) is 8.09. The molecule has 3 nitrogen and oxygen atoms in total. The minimum absolute atomic E-state index is 0.227. The van der Waals surface area contributed by atoms with Gasteiger partial charge in [-0.15, -0.1) is 0 Å². The molecular formula is C8H8N2O. The minimum atomic E-state index is 0.227. The van der Waals surface area contributed by atoms with E-state index in [1.807, 2.05) is 25.1 Å². The Morgan fingerprint density at radius 1 is 1.45 bits per heavy atom. The van der Waals surface area contributed by atoms with Crippen LogP contribution >= 0.6 is 0 Å². The number of fused-ring (bicyclic) bond motifs is 1. The summed E-state index contributed by atoms with van der Waals surface area (Å²) >= 11 is 0.